The van der Waals surface area contributed by atoms with Crippen molar-refractivity contribution in [1.82, 2.24) is 0 Å². The Labute approximate surface area is 196 Å². The summed E-state index contributed by atoms with van der Waals surface area (Å²) in [5.41, 5.74) is 2.32. The summed E-state index contributed by atoms with van der Waals surface area (Å²) in [6.45, 7) is 1.84. The molecule has 5 atom stereocenters. The van der Waals surface area contributed by atoms with Gasteiger partial charge in [-0.2, -0.15) is 0 Å². The number of hydrogen-bond acceptors (Lipinski definition) is 4. The average Bonchev–Trinajstić information content (AvgIpc) is 2.97. The molecule has 0 bridgehead atoms. The summed E-state index contributed by atoms with van der Waals surface area (Å²) in [4.78, 5) is 10.8. The van der Waals surface area contributed by atoms with Crippen LogP contribution in [0.1, 0.15) is 63.0 Å². The number of carboxylic acid groups (broad SMARTS) is 1. The van der Waals surface area contributed by atoms with Gasteiger partial charge < -0.3 is 20.1 Å². The van der Waals surface area contributed by atoms with Crippen LogP contribution in [-0.4, -0.2) is 69.7 Å². The van der Waals surface area contributed by atoms with E-state index in [1.165, 1.54) is 5.56 Å². The quantitative estimate of drug-likeness (QED) is 0.405. The summed E-state index contributed by atoms with van der Waals surface area (Å²) in [5, 5.41) is 29.8. The van der Waals surface area contributed by atoms with E-state index in [-0.39, 0.29) is 54.3 Å². The second kappa shape index (κ2) is 11.7. The third-order valence-electron chi connectivity index (χ3n) is 6.67. The van der Waals surface area contributed by atoms with Crippen molar-refractivity contribution in [2.24, 2.45) is 17.8 Å². The third-order valence-corrected chi connectivity index (χ3v) is 6.67. The molecule has 1 aromatic carbocycles. The minimum atomic E-state index is -0.972. The minimum absolute atomic E-state index is 0. The van der Waals surface area contributed by atoms with Crippen LogP contribution in [0.25, 0.3) is 0 Å². The molecule has 2 aliphatic carbocycles. The van der Waals surface area contributed by atoms with Gasteiger partial charge in [-0.3, -0.25) is 0 Å². The SMILES string of the molecule is CCCCCC(O)CC[C@@H]1[C@H]2Cc3cccc(OCC(=O)O)c3C[C@H]2C[C@H]1O.[NaH]. The first-order valence-corrected chi connectivity index (χ1v) is 10.8. The summed E-state index contributed by atoms with van der Waals surface area (Å²) in [5.74, 6) is 0.768. The Hall–Kier alpha value is -0.590. The zero-order valence-corrected chi connectivity index (χ0v) is 16.8. The standard InChI is InChI=1S/C23H34O5.Na.H/c1-2-3-4-7-17(24)9-10-18-19-11-15-6-5-8-22(28-14-23(26)27)20(15)12-16(19)13-21(18)25;;/h5-6,8,16-19,21,24-25H,2-4,7,9-14H2,1H3,(H,26,27);;/t16-,17?,18+,19-,21+;;/m0../s1. The summed E-state index contributed by atoms with van der Waals surface area (Å²) >= 11 is 0. The van der Waals surface area contributed by atoms with Gasteiger partial charge in [-0.1, -0.05) is 38.3 Å². The van der Waals surface area contributed by atoms with Gasteiger partial charge in [-0.25, -0.2) is 4.79 Å². The number of aliphatic carboxylic acids is 1. The molecule has 5 nitrogen and oxygen atoms in total. The van der Waals surface area contributed by atoms with E-state index < -0.39 is 5.97 Å². The van der Waals surface area contributed by atoms with Gasteiger partial charge in [-0.05, 0) is 73.5 Å². The molecule has 3 rings (SSSR count). The average molecular weight is 415 g/mol. The molecule has 3 N–H and O–H groups in total. The van der Waals surface area contributed by atoms with Crippen molar-refractivity contribution in [3.63, 3.8) is 0 Å². The molecule has 0 aromatic heterocycles. The predicted molar refractivity (Wildman–Crippen MR) is 115 cm³/mol. The Morgan fingerprint density at radius 3 is 2.76 bits per heavy atom. The zero-order valence-electron chi connectivity index (χ0n) is 16.8. The van der Waals surface area contributed by atoms with E-state index in [0.29, 0.717) is 17.6 Å². The van der Waals surface area contributed by atoms with Gasteiger partial charge in [-0.15, -0.1) is 0 Å². The molecule has 1 aromatic rings. The molecule has 0 aliphatic heterocycles. The van der Waals surface area contributed by atoms with Gasteiger partial charge in [0, 0.05) is 0 Å². The van der Waals surface area contributed by atoms with Gasteiger partial charge in [0.15, 0.2) is 6.61 Å². The van der Waals surface area contributed by atoms with Crippen LogP contribution < -0.4 is 4.74 Å². The Balaban J connectivity index is 0.00000300. The van der Waals surface area contributed by atoms with Gasteiger partial charge in [0.2, 0.25) is 0 Å². The fourth-order valence-corrected chi connectivity index (χ4v) is 5.24. The molecule has 6 heteroatoms. The van der Waals surface area contributed by atoms with E-state index in [0.717, 1.165) is 63.4 Å². The van der Waals surface area contributed by atoms with E-state index in [4.69, 9.17) is 9.84 Å². The number of rotatable bonds is 10. The summed E-state index contributed by atoms with van der Waals surface area (Å²) in [7, 11) is 0. The number of carbonyl (C=O) groups is 1. The Kier molecular flexibility index (Phi) is 9.96. The van der Waals surface area contributed by atoms with Crippen LogP contribution in [-0.2, 0) is 17.6 Å². The van der Waals surface area contributed by atoms with Crippen molar-refractivity contribution < 1.29 is 24.9 Å². The van der Waals surface area contributed by atoms with Crippen molar-refractivity contribution in [2.45, 2.75) is 76.9 Å². The topological polar surface area (TPSA) is 87.0 Å². The number of unbranched alkanes of at least 4 members (excludes halogenated alkanes) is 2. The maximum absolute atomic E-state index is 10.8. The molecule has 1 fully saturated rings. The summed E-state index contributed by atoms with van der Waals surface area (Å²) in [6.07, 6.45) is 7.85. The molecule has 2 aliphatic rings. The molecule has 29 heavy (non-hydrogen) atoms. The van der Waals surface area contributed by atoms with E-state index in [1.807, 2.05) is 12.1 Å². The van der Waals surface area contributed by atoms with Crippen molar-refractivity contribution >= 4 is 35.5 Å². The second-order valence-electron chi connectivity index (χ2n) is 8.60. The van der Waals surface area contributed by atoms with Crippen LogP contribution in [0.2, 0.25) is 0 Å². The molecule has 0 saturated heterocycles. The van der Waals surface area contributed by atoms with E-state index >= 15 is 0 Å². The van der Waals surface area contributed by atoms with Gasteiger partial charge in [0.1, 0.15) is 5.75 Å². The Bertz CT molecular complexity index is 665. The molecule has 0 amide bonds. The monoisotopic (exact) mass is 414 g/mol. The van der Waals surface area contributed by atoms with Crippen LogP contribution in [0.4, 0.5) is 0 Å². The number of aliphatic hydroxyl groups excluding tert-OH is 2. The Morgan fingerprint density at radius 1 is 1.24 bits per heavy atom. The maximum atomic E-state index is 10.8. The third kappa shape index (κ3) is 6.44. The molecule has 0 radical (unpaired) electrons. The fraction of sp³-hybridized carbons (Fsp3) is 0.696. The van der Waals surface area contributed by atoms with Gasteiger partial charge in [0.25, 0.3) is 0 Å². The molecular weight excluding hydrogens is 379 g/mol. The number of aliphatic hydroxyl groups is 2. The number of fused-ring (bicyclic) bond motifs is 2. The number of carboxylic acids is 1. The molecule has 158 valence electrons. The number of benzene rings is 1. The van der Waals surface area contributed by atoms with Crippen molar-refractivity contribution in [3.05, 3.63) is 29.3 Å². The Morgan fingerprint density at radius 2 is 2.03 bits per heavy atom. The van der Waals surface area contributed by atoms with Crippen molar-refractivity contribution in [2.75, 3.05) is 6.61 Å². The second-order valence-corrected chi connectivity index (χ2v) is 8.60. The van der Waals surface area contributed by atoms with Crippen molar-refractivity contribution in [1.29, 1.82) is 0 Å². The first kappa shape index (κ1) is 24.7. The van der Waals surface area contributed by atoms with E-state index in [1.54, 1.807) is 0 Å². The van der Waals surface area contributed by atoms with Gasteiger partial charge in [0.05, 0.1) is 12.2 Å². The van der Waals surface area contributed by atoms with Crippen LogP contribution in [0.5, 0.6) is 5.75 Å². The van der Waals surface area contributed by atoms with E-state index in [9.17, 15) is 15.0 Å². The molecule has 0 spiro atoms. The first-order valence-electron chi connectivity index (χ1n) is 10.8. The first-order chi connectivity index (χ1) is 13.5. The molecule has 1 unspecified atom stereocenters. The normalized spacial score (nSPS) is 26.2. The predicted octanol–water partition coefficient (Wildman–Crippen LogP) is 2.93. The summed E-state index contributed by atoms with van der Waals surface area (Å²) < 4.78 is 5.50. The van der Waals surface area contributed by atoms with Crippen molar-refractivity contribution in [3.8, 4) is 5.75 Å². The van der Waals surface area contributed by atoms with Gasteiger partial charge >= 0.3 is 35.5 Å². The zero-order chi connectivity index (χ0) is 20.1. The van der Waals surface area contributed by atoms with Crippen LogP contribution >= 0.6 is 0 Å². The summed E-state index contributed by atoms with van der Waals surface area (Å²) in [6, 6.07) is 5.87. The molecule has 0 heterocycles. The van der Waals surface area contributed by atoms with Crippen LogP contribution in [0.15, 0.2) is 18.2 Å². The fourth-order valence-electron chi connectivity index (χ4n) is 5.24. The molecule has 1 saturated carbocycles. The van der Waals surface area contributed by atoms with E-state index in [2.05, 4.69) is 13.0 Å². The van der Waals surface area contributed by atoms with Crippen LogP contribution in [0.3, 0.4) is 0 Å². The molecular formula is C23H35NaO5. The number of ether oxygens (including phenoxy) is 1. The van der Waals surface area contributed by atoms with Crippen LogP contribution in [0, 0.1) is 17.8 Å². The number of hydrogen-bond donors (Lipinski definition) is 3.